The van der Waals surface area contributed by atoms with Gasteiger partial charge in [0.1, 0.15) is 5.75 Å². The number of amides is 1. The molecule has 0 saturated carbocycles. The Kier molecular flexibility index (Phi) is 5.18. The molecule has 0 N–H and O–H groups in total. The van der Waals surface area contributed by atoms with Crippen LogP contribution in [-0.4, -0.2) is 45.7 Å². The van der Waals surface area contributed by atoms with Gasteiger partial charge >= 0.3 is 0 Å². The number of para-hydroxylation sites is 1. The van der Waals surface area contributed by atoms with Crippen LogP contribution < -0.4 is 9.04 Å². The van der Waals surface area contributed by atoms with Crippen LogP contribution in [0.15, 0.2) is 48.5 Å². The lowest BCUT2D eigenvalue weighted by Gasteiger charge is -2.21. The summed E-state index contributed by atoms with van der Waals surface area (Å²) in [7, 11) is 0.0456. The number of benzene rings is 2. The zero-order valence-corrected chi connectivity index (χ0v) is 15.7. The first-order valence-electron chi connectivity index (χ1n) is 8.40. The highest BCUT2D eigenvalue weighted by atomic mass is 32.2. The fraction of sp³-hybridized carbons (Fsp3) is 0.316. The van der Waals surface area contributed by atoms with Crippen molar-refractivity contribution < 1.29 is 17.9 Å². The molecule has 1 aliphatic heterocycles. The summed E-state index contributed by atoms with van der Waals surface area (Å²) in [6.45, 7) is 0.853. The van der Waals surface area contributed by atoms with E-state index in [-0.39, 0.29) is 11.7 Å². The van der Waals surface area contributed by atoms with Gasteiger partial charge in [-0.3, -0.25) is 9.10 Å². The topological polar surface area (TPSA) is 66.9 Å². The van der Waals surface area contributed by atoms with Crippen LogP contribution in [0.1, 0.15) is 22.3 Å². The van der Waals surface area contributed by atoms with Crippen molar-refractivity contribution in [3.8, 4) is 5.75 Å². The van der Waals surface area contributed by atoms with E-state index in [9.17, 15) is 13.2 Å². The summed E-state index contributed by atoms with van der Waals surface area (Å²) in [6, 6.07) is 14.3. The molecule has 1 aliphatic rings. The first-order chi connectivity index (χ1) is 12.4. The van der Waals surface area contributed by atoms with Gasteiger partial charge in [0.25, 0.3) is 5.91 Å². The second kappa shape index (κ2) is 7.37. The monoisotopic (exact) mass is 374 g/mol. The fourth-order valence-corrected chi connectivity index (χ4v) is 4.66. The third kappa shape index (κ3) is 3.67. The molecule has 26 heavy (non-hydrogen) atoms. The smallest absolute Gasteiger partial charge is 0.253 e. The molecule has 0 aromatic heterocycles. The van der Waals surface area contributed by atoms with Gasteiger partial charge in [0.2, 0.25) is 10.0 Å². The van der Waals surface area contributed by atoms with Gasteiger partial charge < -0.3 is 9.64 Å². The molecule has 1 saturated heterocycles. The first-order valence-corrected chi connectivity index (χ1v) is 10.0. The zero-order valence-electron chi connectivity index (χ0n) is 14.9. The molecule has 1 heterocycles. The molecule has 0 radical (unpaired) electrons. The maximum atomic E-state index is 12.8. The highest BCUT2D eigenvalue weighted by Crippen LogP contribution is 2.25. The summed E-state index contributed by atoms with van der Waals surface area (Å²) >= 11 is 0. The van der Waals surface area contributed by atoms with Crippen molar-refractivity contribution in [3.05, 3.63) is 59.7 Å². The lowest BCUT2D eigenvalue weighted by molar-refractivity contribution is 0.0784. The number of nitrogens with zero attached hydrogens (tertiary/aromatic N) is 2. The third-order valence-electron chi connectivity index (χ3n) is 4.43. The number of hydrogen-bond acceptors (Lipinski definition) is 4. The Morgan fingerprint density at radius 1 is 1.19 bits per heavy atom. The van der Waals surface area contributed by atoms with Gasteiger partial charge in [0.05, 0.1) is 18.6 Å². The summed E-state index contributed by atoms with van der Waals surface area (Å²) in [5.74, 6) is 0.706. The van der Waals surface area contributed by atoms with Crippen LogP contribution in [0.5, 0.6) is 5.75 Å². The molecule has 7 heteroatoms. The Bertz CT molecular complexity index is 911. The first kappa shape index (κ1) is 18.3. The van der Waals surface area contributed by atoms with Crippen molar-refractivity contribution in [1.29, 1.82) is 0 Å². The van der Waals surface area contributed by atoms with Gasteiger partial charge in [-0.15, -0.1) is 0 Å². The lowest BCUT2D eigenvalue weighted by Crippen LogP contribution is -2.28. The van der Waals surface area contributed by atoms with E-state index < -0.39 is 10.0 Å². The number of carbonyl (C=O) groups excluding carboxylic acids is 1. The van der Waals surface area contributed by atoms with E-state index in [0.29, 0.717) is 30.8 Å². The lowest BCUT2D eigenvalue weighted by atomic mass is 10.1. The van der Waals surface area contributed by atoms with E-state index in [2.05, 4.69) is 0 Å². The zero-order chi connectivity index (χ0) is 18.7. The van der Waals surface area contributed by atoms with Crippen LogP contribution in [0.4, 0.5) is 5.69 Å². The van der Waals surface area contributed by atoms with E-state index in [1.807, 2.05) is 24.3 Å². The number of rotatable bonds is 5. The molecule has 0 spiro atoms. The summed E-state index contributed by atoms with van der Waals surface area (Å²) in [4.78, 5) is 14.4. The molecule has 138 valence electrons. The number of carbonyl (C=O) groups is 1. The van der Waals surface area contributed by atoms with Crippen LogP contribution in [0.3, 0.4) is 0 Å². The van der Waals surface area contributed by atoms with E-state index in [1.54, 1.807) is 43.3 Å². The highest BCUT2D eigenvalue weighted by molar-refractivity contribution is 7.93. The molecule has 0 atom stereocenters. The minimum Gasteiger partial charge on any atom is -0.496 e. The average Bonchev–Trinajstić information content (AvgIpc) is 3.00. The molecule has 1 fully saturated rings. The van der Waals surface area contributed by atoms with Crippen molar-refractivity contribution in [2.75, 3.05) is 30.8 Å². The fourth-order valence-electron chi connectivity index (χ4n) is 3.10. The van der Waals surface area contributed by atoms with Gasteiger partial charge in [-0.1, -0.05) is 24.3 Å². The van der Waals surface area contributed by atoms with Crippen molar-refractivity contribution in [3.63, 3.8) is 0 Å². The molecular formula is C19H22N2O4S. The van der Waals surface area contributed by atoms with E-state index in [0.717, 1.165) is 11.3 Å². The number of anilines is 1. The molecular weight excluding hydrogens is 352 g/mol. The van der Waals surface area contributed by atoms with E-state index in [1.165, 1.54) is 4.31 Å². The van der Waals surface area contributed by atoms with Crippen molar-refractivity contribution in [1.82, 2.24) is 4.90 Å². The van der Waals surface area contributed by atoms with Crippen LogP contribution in [0.2, 0.25) is 0 Å². The third-order valence-corrected chi connectivity index (χ3v) is 6.30. The number of methoxy groups -OCH3 is 1. The van der Waals surface area contributed by atoms with Crippen molar-refractivity contribution >= 4 is 21.6 Å². The number of sulfonamides is 1. The quantitative estimate of drug-likeness (QED) is 0.807. The Hall–Kier alpha value is -2.54. The number of ether oxygens (including phenoxy) is 1. The normalized spacial score (nSPS) is 15.7. The van der Waals surface area contributed by atoms with Crippen molar-refractivity contribution in [2.24, 2.45) is 0 Å². The second-order valence-electron chi connectivity index (χ2n) is 6.27. The van der Waals surface area contributed by atoms with Crippen LogP contribution >= 0.6 is 0 Å². The van der Waals surface area contributed by atoms with Gasteiger partial charge in [-0.25, -0.2) is 8.42 Å². The maximum Gasteiger partial charge on any atom is 0.253 e. The van der Waals surface area contributed by atoms with Crippen LogP contribution in [-0.2, 0) is 16.6 Å². The summed E-state index contributed by atoms with van der Waals surface area (Å²) in [6.07, 6.45) is 0.605. The largest absolute Gasteiger partial charge is 0.496 e. The summed E-state index contributed by atoms with van der Waals surface area (Å²) in [5.41, 5.74) is 1.91. The van der Waals surface area contributed by atoms with E-state index in [4.69, 9.17) is 4.74 Å². The molecule has 3 rings (SSSR count). The second-order valence-corrected chi connectivity index (χ2v) is 8.28. The minimum absolute atomic E-state index is 0.152. The average molecular weight is 374 g/mol. The predicted molar refractivity (Wildman–Crippen MR) is 101 cm³/mol. The molecule has 0 aliphatic carbocycles. The van der Waals surface area contributed by atoms with Gasteiger partial charge in [0, 0.05) is 31.3 Å². The Morgan fingerprint density at radius 2 is 1.96 bits per heavy atom. The van der Waals surface area contributed by atoms with Gasteiger partial charge in [-0.05, 0) is 30.7 Å². The Morgan fingerprint density at radius 3 is 2.65 bits per heavy atom. The summed E-state index contributed by atoms with van der Waals surface area (Å²) < 4.78 is 30.9. The molecule has 2 aromatic carbocycles. The molecule has 6 nitrogen and oxygen atoms in total. The summed E-state index contributed by atoms with van der Waals surface area (Å²) in [5, 5.41) is 0. The highest BCUT2D eigenvalue weighted by Gasteiger charge is 2.29. The Balaban J connectivity index is 1.80. The standard InChI is InChI=1S/C19H22N2O4S/c1-20(14-16-7-3-4-10-18(16)25-2)19(22)15-8-5-9-17(13-15)21-11-6-12-26(21,23)24/h3-5,7-10,13H,6,11-12,14H2,1-2H3. The van der Waals surface area contributed by atoms with E-state index >= 15 is 0 Å². The molecule has 0 bridgehead atoms. The van der Waals surface area contributed by atoms with Gasteiger partial charge in [-0.2, -0.15) is 0 Å². The van der Waals surface area contributed by atoms with Crippen molar-refractivity contribution in [2.45, 2.75) is 13.0 Å². The van der Waals surface area contributed by atoms with Gasteiger partial charge in [0.15, 0.2) is 0 Å². The number of hydrogen-bond donors (Lipinski definition) is 0. The maximum absolute atomic E-state index is 12.8. The van der Waals surface area contributed by atoms with Crippen LogP contribution in [0.25, 0.3) is 0 Å². The predicted octanol–water partition coefficient (Wildman–Crippen LogP) is 2.51. The molecule has 1 amide bonds. The minimum atomic E-state index is -3.27. The van der Waals surface area contributed by atoms with Crippen LogP contribution in [0, 0.1) is 0 Å². The Labute approximate surface area is 154 Å². The molecule has 2 aromatic rings. The SMILES string of the molecule is COc1ccccc1CN(C)C(=O)c1cccc(N2CCCS2(=O)=O)c1. The molecule has 0 unspecified atom stereocenters.